The largest absolute Gasteiger partial charge is 0.306 e. The molecule has 3 heterocycles. The van der Waals surface area contributed by atoms with Gasteiger partial charge in [-0.25, -0.2) is 0 Å². The molecule has 4 rings (SSSR count). The average molecular weight is 393 g/mol. The summed E-state index contributed by atoms with van der Waals surface area (Å²) in [7, 11) is 4.18. The fourth-order valence-corrected chi connectivity index (χ4v) is 3.74. The first-order chi connectivity index (χ1) is 13.6. The highest BCUT2D eigenvalue weighted by Gasteiger charge is 2.24. The van der Waals surface area contributed by atoms with Gasteiger partial charge in [0, 0.05) is 29.1 Å². The van der Waals surface area contributed by atoms with E-state index in [2.05, 4.69) is 70.1 Å². The van der Waals surface area contributed by atoms with E-state index in [-0.39, 0.29) is 0 Å². The highest BCUT2D eigenvalue weighted by Crippen LogP contribution is 2.29. The molecule has 2 aromatic heterocycles. The van der Waals surface area contributed by atoms with Crippen LogP contribution in [0.4, 0.5) is 0 Å². The molecule has 1 aliphatic rings. The molecule has 6 nitrogen and oxygen atoms in total. The Labute approximate surface area is 169 Å². The lowest BCUT2D eigenvalue weighted by molar-refractivity contribution is 0.307. The van der Waals surface area contributed by atoms with Gasteiger partial charge < -0.3 is 4.90 Å². The second-order valence-corrected chi connectivity index (χ2v) is 8.03. The molecule has 0 amide bonds. The second-order valence-electron chi connectivity index (χ2n) is 7.15. The van der Waals surface area contributed by atoms with Gasteiger partial charge in [0.15, 0.2) is 5.82 Å². The van der Waals surface area contributed by atoms with E-state index < -0.39 is 0 Å². The highest BCUT2D eigenvalue weighted by molar-refractivity contribution is 7.98. The van der Waals surface area contributed by atoms with Crippen LogP contribution in [0.5, 0.6) is 0 Å². The molecule has 0 bridgehead atoms. The van der Waals surface area contributed by atoms with E-state index >= 15 is 0 Å². The van der Waals surface area contributed by atoms with Gasteiger partial charge in [0.2, 0.25) is 0 Å². The number of aliphatic imine (C=N–C) groups is 1. The van der Waals surface area contributed by atoms with E-state index in [9.17, 15) is 0 Å². The predicted molar refractivity (Wildman–Crippen MR) is 114 cm³/mol. The number of hydrogen-bond acceptors (Lipinski definition) is 6. The van der Waals surface area contributed by atoms with Crippen molar-refractivity contribution in [1.82, 2.24) is 24.6 Å². The lowest BCUT2D eigenvalue weighted by Crippen LogP contribution is -2.28. The molecular weight excluding hydrogens is 368 g/mol. The van der Waals surface area contributed by atoms with Crippen molar-refractivity contribution in [3.8, 4) is 5.69 Å². The summed E-state index contributed by atoms with van der Waals surface area (Å²) in [6.45, 7) is 2.68. The summed E-state index contributed by atoms with van der Waals surface area (Å²) in [4.78, 5) is 12.8. The fraction of sp³-hybridized carbons (Fsp3) is 0.333. The molecule has 0 saturated carbocycles. The van der Waals surface area contributed by atoms with Crippen LogP contribution in [0.15, 0.2) is 52.5 Å². The maximum atomic E-state index is 4.89. The van der Waals surface area contributed by atoms with Crippen LogP contribution >= 0.6 is 11.8 Å². The summed E-state index contributed by atoms with van der Waals surface area (Å²) in [6, 6.07) is 12.8. The minimum atomic E-state index is 0.363. The van der Waals surface area contributed by atoms with E-state index in [4.69, 9.17) is 4.99 Å². The van der Waals surface area contributed by atoms with Crippen molar-refractivity contribution < 1.29 is 0 Å². The third-order valence-electron chi connectivity index (χ3n) is 5.14. The highest BCUT2D eigenvalue weighted by atomic mass is 32.2. The number of pyridine rings is 1. The molecule has 0 aliphatic carbocycles. The predicted octanol–water partition coefficient (Wildman–Crippen LogP) is 3.23. The number of hydrogen-bond donors (Lipinski definition) is 0. The van der Waals surface area contributed by atoms with Crippen LogP contribution in [-0.2, 0) is 13.0 Å². The molecule has 0 fully saturated rings. The van der Waals surface area contributed by atoms with Crippen LogP contribution in [0.1, 0.15) is 29.8 Å². The van der Waals surface area contributed by atoms with Crippen molar-refractivity contribution in [2.45, 2.75) is 30.8 Å². The van der Waals surface area contributed by atoms with Gasteiger partial charge >= 0.3 is 0 Å². The van der Waals surface area contributed by atoms with Gasteiger partial charge in [-0.1, -0.05) is 6.07 Å². The summed E-state index contributed by atoms with van der Waals surface area (Å²) in [5.41, 5.74) is 3.93. The monoisotopic (exact) mass is 392 g/mol. The zero-order chi connectivity index (χ0) is 19.7. The second kappa shape index (κ2) is 7.85. The molecule has 3 aromatic rings. The Hall–Kier alpha value is -2.51. The smallest absolute Gasteiger partial charge is 0.159 e. The molecule has 1 aliphatic heterocycles. The van der Waals surface area contributed by atoms with Crippen LogP contribution < -0.4 is 0 Å². The number of rotatable bonds is 5. The molecule has 0 radical (unpaired) electrons. The van der Waals surface area contributed by atoms with E-state index in [1.54, 1.807) is 11.8 Å². The molecule has 0 spiro atoms. The van der Waals surface area contributed by atoms with E-state index in [1.807, 2.05) is 24.4 Å². The Balaban J connectivity index is 1.88. The topological polar surface area (TPSA) is 59.2 Å². The van der Waals surface area contributed by atoms with Crippen LogP contribution in [0.25, 0.3) is 5.69 Å². The lowest BCUT2D eigenvalue weighted by Gasteiger charge is -2.20. The third kappa shape index (κ3) is 3.47. The summed E-state index contributed by atoms with van der Waals surface area (Å²) in [6.07, 6.45) is 4.72. The maximum absolute atomic E-state index is 4.89. The number of fused-ring (bicyclic) bond motifs is 3. The molecule has 144 valence electrons. The zero-order valence-corrected chi connectivity index (χ0v) is 17.4. The van der Waals surface area contributed by atoms with Crippen LogP contribution in [0, 0.1) is 0 Å². The summed E-state index contributed by atoms with van der Waals surface area (Å²) in [5, 5.41) is 8.96. The van der Waals surface area contributed by atoms with Crippen molar-refractivity contribution in [2.24, 2.45) is 4.99 Å². The minimum absolute atomic E-state index is 0.363. The normalized spacial score (nSPS) is 14.2. The number of likely N-dealkylation sites (N-methyl/N-ethyl adjacent to an activating group) is 1. The number of thioether (sulfide) groups is 1. The van der Waals surface area contributed by atoms with Crippen LogP contribution in [-0.4, -0.2) is 56.8 Å². The zero-order valence-electron chi connectivity index (χ0n) is 16.6. The summed E-state index contributed by atoms with van der Waals surface area (Å²) >= 11 is 1.73. The fourth-order valence-electron chi connectivity index (χ4n) is 3.30. The van der Waals surface area contributed by atoms with Gasteiger partial charge in [0.05, 0.1) is 17.1 Å². The molecular formula is C21H24N6S. The maximum Gasteiger partial charge on any atom is 0.159 e. The van der Waals surface area contributed by atoms with E-state index in [0.29, 0.717) is 12.6 Å². The third-order valence-corrected chi connectivity index (χ3v) is 5.87. The van der Waals surface area contributed by atoms with Crippen molar-refractivity contribution >= 4 is 17.5 Å². The standard InChI is InChI=1S/C21H24N6S/c1-14(26(2)3)11-19-24-25-20-13-23-21(17-7-5-6-10-22-17)16-12-15(28-4)8-9-18(16)27(19)20/h5-10,12,14H,11,13H2,1-4H3. The quantitative estimate of drug-likeness (QED) is 0.624. The molecule has 0 saturated heterocycles. The Morgan fingerprint density at radius 3 is 2.75 bits per heavy atom. The van der Waals surface area contributed by atoms with Crippen LogP contribution in [0.3, 0.4) is 0 Å². The molecule has 28 heavy (non-hydrogen) atoms. The Morgan fingerprint density at radius 2 is 2.04 bits per heavy atom. The first kappa shape index (κ1) is 18.8. The van der Waals surface area contributed by atoms with Gasteiger partial charge in [0.25, 0.3) is 0 Å². The number of benzene rings is 1. The molecule has 1 unspecified atom stereocenters. The van der Waals surface area contributed by atoms with E-state index in [1.165, 1.54) is 4.90 Å². The molecule has 0 N–H and O–H groups in total. The SMILES string of the molecule is CSc1ccc2c(c1)C(c1ccccn1)=NCc1nnc(CC(C)N(C)C)n1-2. The summed E-state index contributed by atoms with van der Waals surface area (Å²) in [5.74, 6) is 1.83. The van der Waals surface area contributed by atoms with Gasteiger partial charge in [-0.3, -0.25) is 14.5 Å². The number of nitrogens with zero attached hydrogens (tertiary/aromatic N) is 6. The van der Waals surface area contributed by atoms with Crippen molar-refractivity contribution in [1.29, 1.82) is 0 Å². The van der Waals surface area contributed by atoms with Crippen molar-refractivity contribution in [3.63, 3.8) is 0 Å². The Kier molecular flexibility index (Phi) is 5.28. The molecule has 1 atom stereocenters. The molecule has 7 heteroatoms. The van der Waals surface area contributed by atoms with Gasteiger partial charge in [-0.2, -0.15) is 0 Å². The van der Waals surface area contributed by atoms with Crippen molar-refractivity contribution in [2.75, 3.05) is 20.4 Å². The van der Waals surface area contributed by atoms with Crippen LogP contribution in [0.2, 0.25) is 0 Å². The average Bonchev–Trinajstić information content (AvgIpc) is 3.02. The lowest BCUT2D eigenvalue weighted by atomic mass is 10.0. The van der Waals surface area contributed by atoms with Gasteiger partial charge in [-0.15, -0.1) is 22.0 Å². The minimum Gasteiger partial charge on any atom is -0.306 e. The van der Waals surface area contributed by atoms with E-state index in [0.717, 1.165) is 40.7 Å². The van der Waals surface area contributed by atoms with Gasteiger partial charge in [-0.05, 0) is 57.6 Å². The first-order valence-corrected chi connectivity index (χ1v) is 10.5. The Morgan fingerprint density at radius 1 is 1.18 bits per heavy atom. The number of aromatic nitrogens is 4. The summed E-state index contributed by atoms with van der Waals surface area (Å²) < 4.78 is 2.18. The Bertz CT molecular complexity index is 1010. The van der Waals surface area contributed by atoms with Crippen molar-refractivity contribution in [3.05, 3.63) is 65.5 Å². The first-order valence-electron chi connectivity index (χ1n) is 9.32. The van der Waals surface area contributed by atoms with Gasteiger partial charge in [0.1, 0.15) is 12.4 Å². The molecule has 1 aromatic carbocycles.